The number of carbonyl (C=O) groups excluding carboxylic acids is 6. The highest BCUT2D eigenvalue weighted by atomic mass is 16.5. The smallest absolute Gasteiger partial charge is 0.328 e. The van der Waals surface area contributed by atoms with E-state index in [-0.39, 0.29) is 37.7 Å². The Balaban J connectivity index is 2.12. The fourth-order valence-electron chi connectivity index (χ4n) is 5.09. The van der Waals surface area contributed by atoms with Gasteiger partial charge in [-0.2, -0.15) is 0 Å². The quantitative estimate of drug-likeness (QED) is 0.106. The van der Waals surface area contributed by atoms with Gasteiger partial charge in [-0.25, -0.2) is 4.79 Å². The van der Waals surface area contributed by atoms with Crippen molar-refractivity contribution in [2.24, 2.45) is 17.6 Å². The number of amides is 5. The van der Waals surface area contributed by atoms with Crippen molar-refractivity contribution in [2.45, 2.75) is 96.0 Å². The van der Waals surface area contributed by atoms with Gasteiger partial charge in [-0.15, -0.1) is 0 Å². The lowest BCUT2D eigenvalue weighted by Gasteiger charge is -2.31. The van der Waals surface area contributed by atoms with Crippen LogP contribution in [0.15, 0.2) is 30.3 Å². The van der Waals surface area contributed by atoms with Gasteiger partial charge in [0, 0.05) is 6.42 Å². The first-order chi connectivity index (χ1) is 20.9. The fourth-order valence-corrected chi connectivity index (χ4v) is 5.09. The maximum atomic E-state index is 13.3. The number of hydrogen-bond donors (Lipinski definition) is 6. The lowest BCUT2D eigenvalue weighted by molar-refractivity contribution is -0.150. The molecule has 2 rings (SSSR count). The van der Waals surface area contributed by atoms with Gasteiger partial charge in [0.2, 0.25) is 31.5 Å². The lowest BCUT2D eigenvalue weighted by atomic mass is 9.83. The number of aliphatic hydroxyl groups is 1. The van der Waals surface area contributed by atoms with Gasteiger partial charge in [-0.05, 0) is 43.1 Å². The summed E-state index contributed by atoms with van der Waals surface area (Å²) in [7, 11) is 5.31. The van der Waals surface area contributed by atoms with Crippen molar-refractivity contribution in [3.63, 3.8) is 0 Å². The topological polar surface area (TPSA) is 206 Å². The monoisotopic (exact) mass is 613 g/mol. The molecule has 1 saturated carbocycles. The second-order valence-electron chi connectivity index (χ2n) is 11.5. The van der Waals surface area contributed by atoms with E-state index in [1.807, 2.05) is 19.9 Å². The molecule has 0 aliphatic heterocycles. The van der Waals surface area contributed by atoms with Gasteiger partial charge in [0.1, 0.15) is 30.8 Å². The molecule has 1 aliphatic carbocycles. The van der Waals surface area contributed by atoms with Crippen molar-refractivity contribution in [1.29, 1.82) is 0 Å². The number of carbonyl (C=O) groups is 6. The van der Waals surface area contributed by atoms with Crippen molar-refractivity contribution in [1.82, 2.24) is 21.3 Å². The third kappa shape index (κ3) is 12.7. The minimum absolute atomic E-state index is 0.00198. The first kappa shape index (κ1) is 36.3. The van der Waals surface area contributed by atoms with Gasteiger partial charge in [0.05, 0.1) is 6.61 Å². The van der Waals surface area contributed by atoms with Crippen molar-refractivity contribution in [3.8, 4) is 0 Å². The number of benzene rings is 1. The second-order valence-corrected chi connectivity index (χ2v) is 11.5. The average molecular weight is 614 g/mol. The molecule has 2 radical (unpaired) electrons. The molecule has 0 aromatic heterocycles. The molecule has 0 heterocycles. The standard InChI is InChI=1S/C30H44BN5O8/c1-18(2)15-22(29(42)44-17-19-9-5-3-6-10-19)34-27(40)23(16-37)35-26(39)21(13-14-24(32)38)33-28(41)25(36-30(31)43)20-11-7-4-8-12-20/h3,5-6,9-10,18,20-23,25,37H,4,7-8,11-17H2,1-2H3,(H2,32,38)(H,33,41)(H,34,40)(H,35,39)(H,36,43)/t21-,22-,23-,25-/m0/s1. The Morgan fingerprint density at radius 2 is 1.48 bits per heavy atom. The van der Waals surface area contributed by atoms with Gasteiger partial charge in [-0.3, -0.25) is 24.0 Å². The summed E-state index contributed by atoms with van der Waals surface area (Å²) in [6, 6.07) is 4.11. The fraction of sp³-hybridized carbons (Fsp3) is 0.600. The van der Waals surface area contributed by atoms with E-state index in [1.165, 1.54) is 0 Å². The van der Waals surface area contributed by atoms with E-state index < -0.39 is 66.2 Å². The Labute approximate surface area is 259 Å². The van der Waals surface area contributed by atoms with Crippen LogP contribution in [0.4, 0.5) is 4.79 Å². The van der Waals surface area contributed by atoms with Gasteiger partial charge >= 0.3 is 5.97 Å². The largest absolute Gasteiger partial charge is 0.459 e. The number of hydrogen-bond acceptors (Lipinski definition) is 8. The Morgan fingerprint density at radius 1 is 0.886 bits per heavy atom. The number of primary amides is 1. The molecule has 0 spiro atoms. The predicted octanol–water partition coefficient (Wildman–Crippen LogP) is 0.315. The zero-order valence-electron chi connectivity index (χ0n) is 25.4. The molecule has 13 nitrogen and oxygen atoms in total. The highest BCUT2D eigenvalue weighted by Crippen LogP contribution is 2.27. The van der Waals surface area contributed by atoms with Gasteiger partial charge in [-0.1, -0.05) is 63.4 Å². The summed E-state index contributed by atoms with van der Waals surface area (Å²) in [4.78, 5) is 75.6. The Hall–Kier alpha value is -3.94. The van der Waals surface area contributed by atoms with Crippen LogP contribution in [-0.4, -0.2) is 79.1 Å². The van der Waals surface area contributed by atoms with Crippen LogP contribution < -0.4 is 27.0 Å². The van der Waals surface area contributed by atoms with Crippen molar-refractivity contribution >= 4 is 43.3 Å². The van der Waals surface area contributed by atoms with E-state index in [2.05, 4.69) is 21.3 Å². The SMILES string of the molecule is [B]C(=O)N[C@H](C(=O)N[C@@H](CCC(N)=O)C(=O)N[C@@H](CO)C(=O)N[C@@H](CC(C)C)C(=O)OCc1ccccc1)C1CCCCC1. The van der Waals surface area contributed by atoms with Crippen LogP contribution in [0.1, 0.15) is 70.8 Å². The normalized spacial score (nSPS) is 16.1. The maximum absolute atomic E-state index is 13.3. The molecule has 0 saturated heterocycles. The Kier molecular flexibility index (Phi) is 15.4. The molecule has 14 heteroatoms. The van der Waals surface area contributed by atoms with Crippen LogP contribution in [0.2, 0.25) is 0 Å². The van der Waals surface area contributed by atoms with Crippen LogP contribution in [0.25, 0.3) is 0 Å². The second kappa shape index (κ2) is 18.7. The number of aliphatic hydroxyl groups excluding tert-OH is 1. The van der Waals surface area contributed by atoms with Crippen LogP contribution >= 0.6 is 0 Å². The van der Waals surface area contributed by atoms with E-state index in [0.29, 0.717) is 12.8 Å². The third-order valence-corrected chi connectivity index (χ3v) is 7.36. The summed E-state index contributed by atoms with van der Waals surface area (Å²) in [6.45, 7) is 2.89. The summed E-state index contributed by atoms with van der Waals surface area (Å²) in [6.07, 6.45) is 3.84. The Morgan fingerprint density at radius 3 is 2.05 bits per heavy atom. The molecule has 240 valence electrons. The van der Waals surface area contributed by atoms with Crippen LogP contribution in [0.5, 0.6) is 0 Å². The molecule has 0 bridgehead atoms. The van der Waals surface area contributed by atoms with E-state index in [4.69, 9.17) is 18.3 Å². The summed E-state index contributed by atoms with van der Waals surface area (Å²) in [5.74, 6) is -4.91. The molecule has 1 fully saturated rings. The lowest BCUT2D eigenvalue weighted by Crippen LogP contribution is -2.59. The average Bonchev–Trinajstić information content (AvgIpc) is 2.99. The van der Waals surface area contributed by atoms with Gasteiger partial charge in [0.25, 0.3) is 0 Å². The summed E-state index contributed by atoms with van der Waals surface area (Å²) < 4.78 is 5.39. The molecule has 44 heavy (non-hydrogen) atoms. The Bertz CT molecular complexity index is 1130. The molecule has 4 atom stereocenters. The van der Waals surface area contributed by atoms with Crippen molar-refractivity contribution in [2.75, 3.05) is 6.61 Å². The first-order valence-electron chi connectivity index (χ1n) is 15.0. The van der Waals surface area contributed by atoms with Crippen molar-refractivity contribution in [3.05, 3.63) is 35.9 Å². The molecular formula is C30H44BN5O8. The zero-order valence-corrected chi connectivity index (χ0v) is 25.4. The van der Waals surface area contributed by atoms with Crippen LogP contribution in [0.3, 0.4) is 0 Å². The van der Waals surface area contributed by atoms with Gasteiger partial charge < -0.3 is 36.8 Å². The number of esters is 1. The minimum Gasteiger partial charge on any atom is -0.459 e. The molecule has 5 amide bonds. The molecule has 1 aromatic carbocycles. The first-order valence-corrected chi connectivity index (χ1v) is 15.0. The molecule has 7 N–H and O–H groups in total. The van der Waals surface area contributed by atoms with E-state index in [0.717, 1.165) is 24.8 Å². The number of rotatable bonds is 17. The summed E-state index contributed by atoms with van der Waals surface area (Å²) in [5, 5.41) is 19.9. The van der Waals surface area contributed by atoms with Gasteiger partial charge in [0.15, 0.2) is 5.81 Å². The highest BCUT2D eigenvalue weighted by Gasteiger charge is 2.34. The summed E-state index contributed by atoms with van der Waals surface area (Å²) >= 11 is 0. The molecule has 1 aliphatic rings. The van der Waals surface area contributed by atoms with E-state index in [1.54, 1.807) is 24.3 Å². The van der Waals surface area contributed by atoms with Crippen molar-refractivity contribution < 1.29 is 38.6 Å². The molecule has 1 aromatic rings. The maximum Gasteiger partial charge on any atom is 0.328 e. The zero-order chi connectivity index (χ0) is 32.6. The summed E-state index contributed by atoms with van der Waals surface area (Å²) in [5.41, 5.74) is 6.03. The predicted molar refractivity (Wildman–Crippen MR) is 162 cm³/mol. The van der Waals surface area contributed by atoms with Crippen LogP contribution in [-0.2, 0) is 35.3 Å². The minimum atomic E-state index is -1.50. The number of nitrogens with one attached hydrogen (secondary N) is 4. The number of nitrogens with two attached hydrogens (primary N) is 1. The van der Waals surface area contributed by atoms with E-state index in [9.17, 15) is 33.9 Å². The van der Waals surface area contributed by atoms with Crippen LogP contribution in [0, 0.1) is 11.8 Å². The third-order valence-electron chi connectivity index (χ3n) is 7.36. The molecular weight excluding hydrogens is 569 g/mol. The molecule has 0 unspecified atom stereocenters. The number of ether oxygens (including phenoxy) is 1. The van der Waals surface area contributed by atoms with E-state index >= 15 is 0 Å². The highest BCUT2D eigenvalue weighted by molar-refractivity contribution is 6.57.